The molecule has 3 heteroatoms. The molecule has 94 valence electrons. The highest BCUT2D eigenvalue weighted by atomic mass is 19.1. The Morgan fingerprint density at radius 3 is 2.12 bits per heavy atom. The largest absolute Gasteiger partial charge is 0.328 e. The number of alkyl halides is 1. The molecule has 0 radical (unpaired) electrons. The summed E-state index contributed by atoms with van der Waals surface area (Å²) in [6, 6.07) is 0.727. The molecule has 1 aliphatic carbocycles. The summed E-state index contributed by atoms with van der Waals surface area (Å²) in [4.78, 5) is 2.51. The maximum Gasteiger partial charge on any atom is 0.125 e. The normalized spacial score (nSPS) is 28.9. The zero-order valence-corrected chi connectivity index (χ0v) is 10.3. The molecule has 1 aliphatic heterocycles. The highest BCUT2D eigenvalue weighted by molar-refractivity contribution is 4.89. The van der Waals surface area contributed by atoms with Gasteiger partial charge in [-0.05, 0) is 25.7 Å². The van der Waals surface area contributed by atoms with Crippen LogP contribution in [-0.2, 0) is 0 Å². The Labute approximate surface area is 98.4 Å². The highest BCUT2D eigenvalue weighted by Crippen LogP contribution is 2.30. The molecule has 0 bridgehead atoms. The Kier molecular flexibility index (Phi) is 4.20. The van der Waals surface area contributed by atoms with Gasteiger partial charge in [0, 0.05) is 25.7 Å². The van der Waals surface area contributed by atoms with Crippen molar-refractivity contribution in [3.63, 3.8) is 0 Å². The lowest BCUT2D eigenvalue weighted by atomic mass is 9.91. The van der Waals surface area contributed by atoms with Gasteiger partial charge in [-0.15, -0.1) is 0 Å². The van der Waals surface area contributed by atoms with Gasteiger partial charge in [-0.25, -0.2) is 4.39 Å². The van der Waals surface area contributed by atoms with Gasteiger partial charge in [-0.3, -0.25) is 0 Å². The molecular weight excluding hydrogens is 203 g/mol. The van der Waals surface area contributed by atoms with E-state index in [1.165, 1.54) is 38.5 Å². The molecule has 2 nitrogen and oxygen atoms in total. The van der Waals surface area contributed by atoms with Crippen molar-refractivity contribution in [1.82, 2.24) is 4.90 Å². The highest BCUT2D eigenvalue weighted by Gasteiger charge is 2.35. The number of halogens is 1. The maximum absolute atomic E-state index is 14.0. The van der Waals surface area contributed by atoms with Crippen molar-refractivity contribution in [3.8, 4) is 0 Å². The molecule has 0 aromatic rings. The monoisotopic (exact) mass is 228 g/mol. The molecule has 16 heavy (non-hydrogen) atoms. The lowest BCUT2D eigenvalue weighted by Crippen LogP contribution is -2.49. The molecule has 0 spiro atoms. The number of rotatable bonds is 2. The van der Waals surface area contributed by atoms with Crippen molar-refractivity contribution in [2.75, 3.05) is 19.6 Å². The van der Waals surface area contributed by atoms with Crippen molar-refractivity contribution in [2.24, 2.45) is 5.73 Å². The van der Waals surface area contributed by atoms with Gasteiger partial charge in [-0.2, -0.15) is 0 Å². The third-order valence-corrected chi connectivity index (χ3v) is 4.40. The minimum Gasteiger partial charge on any atom is -0.328 e. The van der Waals surface area contributed by atoms with Crippen LogP contribution < -0.4 is 5.73 Å². The molecule has 0 unspecified atom stereocenters. The summed E-state index contributed by atoms with van der Waals surface area (Å²) in [5.41, 5.74) is 4.42. The van der Waals surface area contributed by atoms with E-state index in [1.54, 1.807) is 0 Å². The number of likely N-dealkylation sites (tertiary alicyclic amines) is 1. The Morgan fingerprint density at radius 1 is 1.06 bits per heavy atom. The first-order chi connectivity index (χ1) is 7.73. The smallest absolute Gasteiger partial charge is 0.125 e. The topological polar surface area (TPSA) is 29.3 Å². The quantitative estimate of drug-likeness (QED) is 0.736. The van der Waals surface area contributed by atoms with E-state index in [-0.39, 0.29) is 6.54 Å². The molecule has 1 heterocycles. The first kappa shape index (κ1) is 12.3. The number of piperidine rings is 1. The van der Waals surface area contributed by atoms with Crippen LogP contribution in [0.25, 0.3) is 0 Å². The van der Waals surface area contributed by atoms with E-state index < -0.39 is 5.67 Å². The fourth-order valence-electron chi connectivity index (χ4n) is 3.12. The van der Waals surface area contributed by atoms with Gasteiger partial charge in [0.2, 0.25) is 0 Å². The summed E-state index contributed by atoms with van der Waals surface area (Å²) < 4.78 is 14.0. The Balaban J connectivity index is 1.83. The standard InChI is InChI=1S/C13H25FN2/c14-13(11-15)7-9-16(10-8-13)12-5-3-1-2-4-6-12/h12H,1-11,15H2. The predicted octanol–water partition coefficient (Wildman–Crippen LogP) is 2.47. The summed E-state index contributed by atoms with van der Waals surface area (Å²) >= 11 is 0. The fraction of sp³-hybridized carbons (Fsp3) is 1.00. The van der Waals surface area contributed by atoms with Gasteiger partial charge in [0.1, 0.15) is 5.67 Å². The lowest BCUT2D eigenvalue weighted by Gasteiger charge is -2.39. The van der Waals surface area contributed by atoms with Crippen LogP contribution in [0.15, 0.2) is 0 Å². The van der Waals surface area contributed by atoms with E-state index >= 15 is 0 Å². The SMILES string of the molecule is NCC1(F)CCN(C2CCCCCC2)CC1. The van der Waals surface area contributed by atoms with Gasteiger partial charge in [-0.1, -0.05) is 25.7 Å². The second-order valence-electron chi connectivity index (χ2n) is 5.54. The van der Waals surface area contributed by atoms with E-state index in [1.807, 2.05) is 0 Å². The van der Waals surface area contributed by atoms with Crippen LogP contribution in [0.1, 0.15) is 51.4 Å². The van der Waals surface area contributed by atoms with Gasteiger partial charge < -0.3 is 10.6 Å². The minimum absolute atomic E-state index is 0.200. The summed E-state index contributed by atoms with van der Waals surface area (Å²) in [5, 5.41) is 0. The molecular formula is C13H25FN2. The summed E-state index contributed by atoms with van der Waals surface area (Å²) in [6.45, 7) is 2.03. The fourth-order valence-corrected chi connectivity index (χ4v) is 3.12. The predicted molar refractivity (Wildman–Crippen MR) is 65.2 cm³/mol. The van der Waals surface area contributed by atoms with Crippen molar-refractivity contribution >= 4 is 0 Å². The maximum atomic E-state index is 14.0. The van der Waals surface area contributed by atoms with Crippen LogP contribution >= 0.6 is 0 Å². The minimum atomic E-state index is -1.07. The molecule has 1 saturated carbocycles. The molecule has 0 aromatic heterocycles. The van der Waals surface area contributed by atoms with Gasteiger partial charge >= 0.3 is 0 Å². The average Bonchev–Trinajstić information content (AvgIpc) is 2.59. The second kappa shape index (κ2) is 5.46. The molecule has 0 aromatic carbocycles. The number of nitrogens with two attached hydrogens (primary N) is 1. The molecule has 2 rings (SSSR count). The molecule has 2 aliphatic rings. The van der Waals surface area contributed by atoms with E-state index in [4.69, 9.17) is 5.73 Å². The third-order valence-electron chi connectivity index (χ3n) is 4.40. The molecule has 2 N–H and O–H groups in total. The Morgan fingerprint density at radius 2 is 1.62 bits per heavy atom. The van der Waals surface area contributed by atoms with Crippen LogP contribution in [0, 0.1) is 0 Å². The number of nitrogens with zero attached hydrogens (tertiary/aromatic N) is 1. The van der Waals surface area contributed by atoms with E-state index in [2.05, 4.69) is 4.90 Å². The van der Waals surface area contributed by atoms with Crippen LogP contribution in [0.4, 0.5) is 4.39 Å². The second-order valence-corrected chi connectivity index (χ2v) is 5.54. The summed E-state index contributed by atoms with van der Waals surface area (Å²) in [5.74, 6) is 0. The van der Waals surface area contributed by atoms with Crippen LogP contribution in [0.5, 0.6) is 0 Å². The number of hydrogen-bond acceptors (Lipinski definition) is 2. The Hall–Kier alpha value is -0.150. The first-order valence-electron chi connectivity index (χ1n) is 6.87. The summed E-state index contributed by atoms with van der Waals surface area (Å²) in [6.07, 6.45) is 9.42. The van der Waals surface area contributed by atoms with Crippen LogP contribution in [0.2, 0.25) is 0 Å². The average molecular weight is 228 g/mol. The molecule has 2 fully saturated rings. The van der Waals surface area contributed by atoms with Gasteiger partial charge in [0.05, 0.1) is 0 Å². The zero-order chi connectivity index (χ0) is 11.4. The first-order valence-corrected chi connectivity index (χ1v) is 6.87. The van der Waals surface area contributed by atoms with Crippen LogP contribution in [0.3, 0.4) is 0 Å². The molecule has 0 amide bonds. The van der Waals surface area contributed by atoms with Gasteiger partial charge in [0.25, 0.3) is 0 Å². The summed E-state index contributed by atoms with van der Waals surface area (Å²) in [7, 11) is 0. The molecule has 1 saturated heterocycles. The van der Waals surface area contributed by atoms with E-state index in [0.29, 0.717) is 12.8 Å². The van der Waals surface area contributed by atoms with E-state index in [0.717, 1.165) is 19.1 Å². The van der Waals surface area contributed by atoms with E-state index in [9.17, 15) is 4.39 Å². The van der Waals surface area contributed by atoms with Crippen molar-refractivity contribution in [2.45, 2.75) is 63.1 Å². The van der Waals surface area contributed by atoms with Gasteiger partial charge in [0.15, 0.2) is 0 Å². The lowest BCUT2D eigenvalue weighted by molar-refractivity contribution is 0.0405. The Bertz CT molecular complexity index is 204. The zero-order valence-electron chi connectivity index (χ0n) is 10.3. The van der Waals surface area contributed by atoms with Crippen molar-refractivity contribution < 1.29 is 4.39 Å². The van der Waals surface area contributed by atoms with Crippen molar-refractivity contribution in [1.29, 1.82) is 0 Å². The van der Waals surface area contributed by atoms with Crippen LogP contribution in [-0.4, -0.2) is 36.2 Å². The third kappa shape index (κ3) is 2.95. The van der Waals surface area contributed by atoms with Crippen molar-refractivity contribution in [3.05, 3.63) is 0 Å². The molecule has 0 atom stereocenters. The number of hydrogen-bond donors (Lipinski definition) is 1.